The van der Waals surface area contributed by atoms with Crippen LogP contribution >= 0.6 is 15.9 Å². The molecule has 0 saturated carbocycles. The Bertz CT molecular complexity index is 416. The van der Waals surface area contributed by atoms with Gasteiger partial charge in [-0.3, -0.25) is 4.79 Å². The number of benzene rings is 1. The number of alkyl halides is 1. The van der Waals surface area contributed by atoms with Crippen LogP contribution in [-0.4, -0.2) is 24.3 Å². The summed E-state index contributed by atoms with van der Waals surface area (Å²) in [6.45, 7) is 2.19. The minimum absolute atomic E-state index is 0.118. The highest BCUT2D eigenvalue weighted by Gasteiger charge is 2.16. The molecule has 2 rings (SSSR count). The van der Waals surface area contributed by atoms with E-state index in [0.29, 0.717) is 6.42 Å². The van der Waals surface area contributed by atoms with Gasteiger partial charge in [0.05, 0.1) is 11.4 Å². The summed E-state index contributed by atoms with van der Waals surface area (Å²) in [4.78, 5) is 14.3. The van der Waals surface area contributed by atoms with E-state index >= 15 is 0 Å². The van der Waals surface area contributed by atoms with Gasteiger partial charge in [0.1, 0.15) is 0 Å². The monoisotopic (exact) mass is 324 g/mol. The van der Waals surface area contributed by atoms with Gasteiger partial charge in [0.2, 0.25) is 5.91 Å². The third-order valence-electron chi connectivity index (χ3n) is 3.41. The molecule has 1 aromatic carbocycles. The van der Waals surface area contributed by atoms with Crippen LogP contribution in [0.1, 0.15) is 32.1 Å². The van der Waals surface area contributed by atoms with Gasteiger partial charge in [-0.2, -0.15) is 0 Å². The van der Waals surface area contributed by atoms with Crippen LogP contribution in [0, 0.1) is 0 Å². The third kappa shape index (κ3) is 4.23. The highest BCUT2D eigenvalue weighted by atomic mass is 79.9. The van der Waals surface area contributed by atoms with Gasteiger partial charge in [0.25, 0.3) is 0 Å². The number of rotatable bonds is 6. The number of carbonyl (C=O) groups excluding carboxylic acids is 1. The van der Waals surface area contributed by atoms with Crippen molar-refractivity contribution in [2.75, 3.05) is 28.6 Å². The number of nitrogens with one attached hydrogen (secondary N) is 1. The number of hydrogen-bond donors (Lipinski definition) is 1. The van der Waals surface area contributed by atoms with Crippen molar-refractivity contribution in [3.63, 3.8) is 0 Å². The summed E-state index contributed by atoms with van der Waals surface area (Å²) in [6.07, 6.45) is 5.06. The van der Waals surface area contributed by atoms with Crippen LogP contribution in [0.2, 0.25) is 0 Å². The maximum Gasteiger partial charge on any atom is 0.224 e. The van der Waals surface area contributed by atoms with Crippen LogP contribution in [0.15, 0.2) is 24.3 Å². The van der Waals surface area contributed by atoms with Crippen LogP contribution in [0.3, 0.4) is 0 Å². The first-order chi connectivity index (χ1) is 9.31. The first kappa shape index (κ1) is 14.4. The maximum atomic E-state index is 11.9. The molecule has 1 saturated heterocycles. The van der Waals surface area contributed by atoms with Gasteiger partial charge >= 0.3 is 0 Å². The summed E-state index contributed by atoms with van der Waals surface area (Å²) >= 11 is 3.38. The first-order valence-corrected chi connectivity index (χ1v) is 8.13. The smallest absolute Gasteiger partial charge is 0.224 e. The molecule has 0 unspecified atom stereocenters. The number of carbonyl (C=O) groups is 1. The van der Waals surface area contributed by atoms with Gasteiger partial charge in [-0.1, -0.05) is 28.1 Å². The molecule has 1 aliphatic rings. The largest absolute Gasteiger partial charge is 0.370 e. The third-order valence-corrected chi connectivity index (χ3v) is 3.97. The van der Waals surface area contributed by atoms with Crippen LogP contribution in [0.4, 0.5) is 11.4 Å². The molecule has 1 amide bonds. The Labute approximate surface area is 123 Å². The van der Waals surface area contributed by atoms with Crippen molar-refractivity contribution in [1.29, 1.82) is 0 Å². The van der Waals surface area contributed by atoms with Crippen molar-refractivity contribution < 1.29 is 4.79 Å². The molecule has 19 heavy (non-hydrogen) atoms. The quantitative estimate of drug-likeness (QED) is 0.637. The van der Waals surface area contributed by atoms with Gasteiger partial charge in [-0.05, 0) is 37.8 Å². The fourth-order valence-corrected chi connectivity index (χ4v) is 2.80. The summed E-state index contributed by atoms with van der Waals surface area (Å²) < 4.78 is 0. The summed E-state index contributed by atoms with van der Waals surface area (Å²) in [5.74, 6) is 0.118. The lowest BCUT2D eigenvalue weighted by Gasteiger charge is -2.21. The number of hydrogen-bond acceptors (Lipinski definition) is 2. The van der Waals surface area contributed by atoms with Crippen molar-refractivity contribution >= 4 is 33.2 Å². The van der Waals surface area contributed by atoms with Gasteiger partial charge in [0.15, 0.2) is 0 Å². The second-order valence-corrected chi connectivity index (χ2v) is 5.70. The summed E-state index contributed by atoms with van der Waals surface area (Å²) in [5.41, 5.74) is 2.11. The molecule has 3 nitrogen and oxygen atoms in total. The van der Waals surface area contributed by atoms with E-state index in [9.17, 15) is 4.79 Å². The molecule has 1 N–H and O–H groups in total. The average molecular weight is 325 g/mol. The predicted octanol–water partition coefficient (Wildman–Crippen LogP) is 3.79. The molecule has 0 bridgehead atoms. The number of para-hydroxylation sites is 2. The number of halogens is 1. The summed E-state index contributed by atoms with van der Waals surface area (Å²) in [6, 6.07) is 8.11. The van der Waals surface area contributed by atoms with E-state index in [-0.39, 0.29) is 5.91 Å². The predicted molar refractivity (Wildman–Crippen MR) is 84.2 cm³/mol. The Balaban J connectivity index is 1.97. The number of anilines is 2. The minimum Gasteiger partial charge on any atom is -0.370 e. The minimum atomic E-state index is 0.118. The van der Waals surface area contributed by atoms with E-state index in [2.05, 4.69) is 32.2 Å². The fraction of sp³-hybridized carbons (Fsp3) is 0.533. The Morgan fingerprint density at radius 3 is 2.68 bits per heavy atom. The second kappa shape index (κ2) is 7.53. The molecular formula is C15H21BrN2O. The first-order valence-electron chi connectivity index (χ1n) is 7.01. The summed E-state index contributed by atoms with van der Waals surface area (Å²) in [7, 11) is 0. The lowest BCUT2D eigenvalue weighted by Crippen LogP contribution is -2.21. The standard InChI is InChI=1S/C15H21BrN2O/c16-10-4-3-9-15(19)17-13-7-1-2-8-14(13)18-11-5-6-12-18/h1-2,7-8H,3-6,9-12H2,(H,17,19). The van der Waals surface area contributed by atoms with E-state index in [4.69, 9.17) is 0 Å². The number of nitrogens with zero attached hydrogens (tertiary/aromatic N) is 1. The van der Waals surface area contributed by atoms with Crippen molar-refractivity contribution in [3.05, 3.63) is 24.3 Å². The molecule has 0 spiro atoms. The topological polar surface area (TPSA) is 32.3 Å². The molecule has 1 aromatic rings. The molecule has 0 aliphatic carbocycles. The van der Waals surface area contributed by atoms with Crippen LogP contribution in [0.5, 0.6) is 0 Å². The number of unbranched alkanes of at least 4 members (excludes halogenated alkanes) is 1. The van der Waals surface area contributed by atoms with Crippen LogP contribution < -0.4 is 10.2 Å². The Morgan fingerprint density at radius 1 is 1.21 bits per heavy atom. The van der Waals surface area contributed by atoms with E-state index in [1.165, 1.54) is 12.8 Å². The molecule has 0 aromatic heterocycles. The lowest BCUT2D eigenvalue weighted by molar-refractivity contribution is -0.116. The molecular weight excluding hydrogens is 304 g/mol. The van der Waals surface area contributed by atoms with Crippen molar-refractivity contribution in [3.8, 4) is 0 Å². The maximum absolute atomic E-state index is 11.9. The Hall–Kier alpha value is -1.03. The van der Waals surface area contributed by atoms with Gasteiger partial charge in [-0.15, -0.1) is 0 Å². The molecule has 0 radical (unpaired) electrons. The molecule has 0 atom stereocenters. The average Bonchev–Trinajstić information content (AvgIpc) is 2.93. The Morgan fingerprint density at radius 2 is 1.95 bits per heavy atom. The molecule has 1 fully saturated rings. The van der Waals surface area contributed by atoms with Crippen LogP contribution in [0.25, 0.3) is 0 Å². The van der Waals surface area contributed by atoms with E-state index in [0.717, 1.165) is 42.6 Å². The zero-order chi connectivity index (χ0) is 13.5. The molecule has 104 valence electrons. The van der Waals surface area contributed by atoms with E-state index in [1.807, 2.05) is 18.2 Å². The highest BCUT2D eigenvalue weighted by Crippen LogP contribution is 2.28. The fourth-order valence-electron chi connectivity index (χ4n) is 2.41. The van der Waals surface area contributed by atoms with Gasteiger partial charge < -0.3 is 10.2 Å². The normalized spacial score (nSPS) is 14.7. The SMILES string of the molecule is O=C(CCCCBr)Nc1ccccc1N1CCCC1. The number of amides is 1. The lowest BCUT2D eigenvalue weighted by atomic mass is 10.2. The molecule has 4 heteroatoms. The highest BCUT2D eigenvalue weighted by molar-refractivity contribution is 9.09. The zero-order valence-corrected chi connectivity index (χ0v) is 12.8. The van der Waals surface area contributed by atoms with E-state index in [1.54, 1.807) is 0 Å². The zero-order valence-electron chi connectivity index (χ0n) is 11.2. The van der Waals surface area contributed by atoms with Crippen molar-refractivity contribution in [2.45, 2.75) is 32.1 Å². The summed E-state index contributed by atoms with van der Waals surface area (Å²) in [5, 5.41) is 4.01. The second-order valence-electron chi connectivity index (χ2n) is 4.91. The van der Waals surface area contributed by atoms with E-state index < -0.39 is 0 Å². The molecule has 1 heterocycles. The van der Waals surface area contributed by atoms with Gasteiger partial charge in [0, 0.05) is 24.8 Å². The molecule has 1 aliphatic heterocycles. The van der Waals surface area contributed by atoms with Gasteiger partial charge in [-0.25, -0.2) is 0 Å². The Kier molecular flexibility index (Phi) is 5.70. The van der Waals surface area contributed by atoms with Crippen LogP contribution in [-0.2, 0) is 4.79 Å². The van der Waals surface area contributed by atoms with Crippen molar-refractivity contribution in [1.82, 2.24) is 0 Å². The van der Waals surface area contributed by atoms with Crippen molar-refractivity contribution in [2.24, 2.45) is 0 Å².